The van der Waals surface area contributed by atoms with E-state index >= 15 is 0 Å². The molecule has 2 amide bonds. The van der Waals surface area contributed by atoms with Crippen LogP contribution in [0.4, 0.5) is 10.5 Å². The predicted octanol–water partition coefficient (Wildman–Crippen LogP) is 1.31. The number of rotatable bonds is 4. The Morgan fingerprint density at radius 1 is 1.48 bits per heavy atom. The molecular weight excluding hydrogens is 338 g/mol. The fraction of sp³-hybridized carbons (Fsp3) is 0.429. The van der Waals surface area contributed by atoms with Gasteiger partial charge in [-0.05, 0) is 24.6 Å². The first-order valence-corrected chi connectivity index (χ1v) is 9.91. The average Bonchev–Trinajstić information content (AvgIpc) is 3.10. The number of hydrogen-bond donors (Lipinski definition) is 2. The Labute approximate surface area is 137 Å². The van der Waals surface area contributed by atoms with E-state index in [0.717, 1.165) is 10.2 Å². The lowest BCUT2D eigenvalue weighted by Crippen LogP contribution is -2.45. The summed E-state index contributed by atoms with van der Waals surface area (Å²) in [5.74, 6) is 0.0310. The van der Waals surface area contributed by atoms with Crippen LogP contribution in [-0.4, -0.2) is 60.1 Å². The number of carbonyl (C=O) groups is 1. The average molecular weight is 355 g/mol. The largest absolute Gasteiger partial charge is 0.395 e. The second kappa shape index (κ2) is 6.42. The van der Waals surface area contributed by atoms with Gasteiger partial charge in [-0.15, -0.1) is 11.3 Å². The number of thiazole rings is 1. The van der Waals surface area contributed by atoms with Gasteiger partial charge in [0.1, 0.15) is 0 Å². The molecule has 0 aliphatic carbocycles. The molecule has 23 heavy (non-hydrogen) atoms. The van der Waals surface area contributed by atoms with E-state index in [-0.39, 0.29) is 24.7 Å². The van der Waals surface area contributed by atoms with Crippen molar-refractivity contribution in [3.63, 3.8) is 0 Å². The number of benzene rings is 1. The normalized spacial score (nSPS) is 19.8. The van der Waals surface area contributed by atoms with Gasteiger partial charge in [0.2, 0.25) is 0 Å². The maximum atomic E-state index is 12.5. The zero-order chi connectivity index (χ0) is 16.4. The maximum absolute atomic E-state index is 12.5. The summed E-state index contributed by atoms with van der Waals surface area (Å²) in [7, 11) is -3.10. The van der Waals surface area contributed by atoms with Crippen LogP contribution in [0.15, 0.2) is 23.7 Å². The number of nitrogens with one attached hydrogen (secondary N) is 1. The SMILES string of the molecule is O=C(Nc1ccc2scnc2c1)N(CCO)[C@H]1CCS(=O)(=O)C1. The number of nitrogens with zero attached hydrogens (tertiary/aromatic N) is 2. The van der Waals surface area contributed by atoms with Crippen molar-refractivity contribution >= 4 is 43.1 Å². The van der Waals surface area contributed by atoms with Gasteiger partial charge in [-0.2, -0.15) is 0 Å². The van der Waals surface area contributed by atoms with Crippen molar-refractivity contribution in [2.45, 2.75) is 12.5 Å². The quantitative estimate of drug-likeness (QED) is 0.861. The highest BCUT2D eigenvalue weighted by atomic mass is 32.2. The second-order valence-corrected chi connectivity index (χ2v) is 8.55. The number of aliphatic hydroxyl groups excluding tert-OH is 1. The highest BCUT2D eigenvalue weighted by Crippen LogP contribution is 2.23. The monoisotopic (exact) mass is 355 g/mol. The van der Waals surface area contributed by atoms with Crippen molar-refractivity contribution in [3.8, 4) is 0 Å². The van der Waals surface area contributed by atoms with Gasteiger partial charge in [0.05, 0.1) is 33.8 Å². The topological polar surface area (TPSA) is 99.6 Å². The summed E-state index contributed by atoms with van der Waals surface area (Å²) < 4.78 is 24.3. The summed E-state index contributed by atoms with van der Waals surface area (Å²) in [5.41, 5.74) is 3.12. The third-order valence-corrected chi connectivity index (χ3v) is 6.39. The molecule has 124 valence electrons. The minimum atomic E-state index is -3.10. The van der Waals surface area contributed by atoms with Crippen molar-refractivity contribution in [2.75, 3.05) is 30.0 Å². The fourth-order valence-electron chi connectivity index (χ4n) is 2.71. The number of aliphatic hydroxyl groups is 1. The molecule has 1 aromatic carbocycles. The summed E-state index contributed by atoms with van der Waals surface area (Å²) >= 11 is 1.52. The molecule has 7 nitrogen and oxygen atoms in total. The Bertz CT molecular complexity index is 818. The van der Waals surface area contributed by atoms with Crippen LogP contribution in [0.2, 0.25) is 0 Å². The van der Waals surface area contributed by atoms with Gasteiger partial charge in [-0.25, -0.2) is 18.2 Å². The van der Waals surface area contributed by atoms with E-state index in [9.17, 15) is 18.3 Å². The van der Waals surface area contributed by atoms with Crippen LogP contribution in [0.5, 0.6) is 0 Å². The van der Waals surface area contributed by atoms with E-state index in [2.05, 4.69) is 10.3 Å². The number of hydrogen-bond acceptors (Lipinski definition) is 6. The Balaban J connectivity index is 1.75. The molecule has 3 rings (SSSR count). The zero-order valence-corrected chi connectivity index (χ0v) is 13.9. The number of anilines is 1. The van der Waals surface area contributed by atoms with E-state index in [1.165, 1.54) is 16.2 Å². The Morgan fingerprint density at radius 3 is 3.00 bits per heavy atom. The molecule has 2 aromatic rings. The molecule has 1 saturated heterocycles. The van der Waals surface area contributed by atoms with Gasteiger partial charge in [0, 0.05) is 18.3 Å². The smallest absolute Gasteiger partial charge is 0.322 e. The van der Waals surface area contributed by atoms with Crippen LogP contribution in [0.3, 0.4) is 0 Å². The lowest BCUT2D eigenvalue weighted by molar-refractivity contribution is 0.169. The lowest BCUT2D eigenvalue weighted by atomic mass is 10.2. The number of amides is 2. The van der Waals surface area contributed by atoms with Crippen LogP contribution >= 0.6 is 11.3 Å². The highest BCUT2D eigenvalue weighted by molar-refractivity contribution is 7.91. The predicted molar refractivity (Wildman–Crippen MR) is 89.5 cm³/mol. The molecule has 1 aliphatic rings. The molecule has 9 heteroatoms. The molecule has 1 aromatic heterocycles. The van der Waals surface area contributed by atoms with Crippen molar-refractivity contribution in [3.05, 3.63) is 23.7 Å². The maximum Gasteiger partial charge on any atom is 0.322 e. The minimum absolute atomic E-state index is 0.0501. The summed E-state index contributed by atoms with van der Waals surface area (Å²) in [6.45, 7) is -0.111. The van der Waals surface area contributed by atoms with Crippen LogP contribution < -0.4 is 5.32 Å². The third kappa shape index (κ3) is 3.62. The standard InChI is InChI=1S/C14H17N3O4S2/c18-5-4-17(11-3-6-23(20,21)8-11)14(19)16-10-1-2-13-12(7-10)15-9-22-13/h1-2,7,9,11,18H,3-6,8H2,(H,16,19)/t11-/m0/s1. The van der Waals surface area contributed by atoms with Crippen molar-refractivity contribution in [1.29, 1.82) is 0 Å². The van der Waals surface area contributed by atoms with E-state index in [0.29, 0.717) is 12.1 Å². The van der Waals surface area contributed by atoms with Crippen LogP contribution in [0.25, 0.3) is 10.2 Å². The first-order chi connectivity index (χ1) is 11.0. The third-order valence-electron chi connectivity index (χ3n) is 3.83. The van der Waals surface area contributed by atoms with E-state index in [1.54, 1.807) is 17.6 Å². The number of carbonyl (C=O) groups excluding carboxylic acids is 1. The van der Waals surface area contributed by atoms with Crippen LogP contribution in [0, 0.1) is 0 Å². The van der Waals surface area contributed by atoms with Crippen molar-refractivity contribution in [2.24, 2.45) is 0 Å². The van der Waals surface area contributed by atoms with Gasteiger partial charge >= 0.3 is 6.03 Å². The minimum Gasteiger partial charge on any atom is -0.395 e. The van der Waals surface area contributed by atoms with E-state index in [1.807, 2.05) is 6.07 Å². The Kier molecular flexibility index (Phi) is 4.51. The first kappa shape index (κ1) is 16.2. The Hall–Kier alpha value is -1.71. The summed E-state index contributed by atoms with van der Waals surface area (Å²) in [5, 5.41) is 11.9. The molecule has 1 fully saturated rings. The van der Waals surface area contributed by atoms with Gasteiger partial charge < -0.3 is 15.3 Å². The van der Waals surface area contributed by atoms with Crippen molar-refractivity contribution < 1.29 is 18.3 Å². The van der Waals surface area contributed by atoms with Crippen molar-refractivity contribution in [1.82, 2.24) is 9.88 Å². The van der Waals surface area contributed by atoms with Crippen LogP contribution in [-0.2, 0) is 9.84 Å². The molecule has 0 radical (unpaired) electrons. The van der Waals surface area contributed by atoms with Gasteiger partial charge in [-0.1, -0.05) is 0 Å². The molecule has 1 aliphatic heterocycles. The number of sulfone groups is 1. The van der Waals surface area contributed by atoms with Gasteiger partial charge in [0.25, 0.3) is 0 Å². The molecule has 1 atom stereocenters. The summed E-state index contributed by atoms with van der Waals surface area (Å²) in [6.07, 6.45) is 0.404. The lowest BCUT2D eigenvalue weighted by Gasteiger charge is -2.27. The van der Waals surface area contributed by atoms with Gasteiger partial charge in [0.15, 0.2) is 9.84 Å². The molecule has 0 saturated carbocycles. The highest BCUT2D eigenvalue weighted by Gasteiger charge is 2.34. The second-order valence-electron chi connectivity index (χ2n) is 5.44. The molecular formula is C14H17N3O4S2. The summed E-state index contributed by atoms with van der Waals surface area (Å²) in [6, 6.07) is 4.62. The summed E-state index contributed by atoms with van der Waals surface area (Å²) in [4.78, 5) is 18.1. The van der Waals surface area contributed by atoms with E-state index < -0.39 is 21.9 Å². The molecule has 2 N–H and O–H groups in total. The van der Waals surface area contributed by atoms with Gasteiger partial charge in [-0.3, -0.25) is 0 Å². The zero-order valence-electron chi connectivity index (χ0n) is 12.3. The molecule has 2 heterocycles. The first-order valence-electron chi connectivity index (χ1n) is 7.21. The number of fused-ring (bicyclic) bond motifs is 1. The number of urea groups is 1. The van der Waals surface area contributed by atoms with E-state index in [4.69, 9.17) is 0 Å². The fourth-order valence-corrected chi connectivity index (χ4v) is 5.10. The molecule has 0 bridgehead atoms. The molecule has 0 unspecified atom stereocenters. The number of aromatic nitrogens is 1. The Morgan fingerprint density at radius 2 is 2.30 bits per heavy atom. The molecule has 0 spiro atoms. The van der Waals surface area contributed by atoms with Crippen LogP contribution in [0.1, 0.15) is 6.42 Å².